The summed E-state index contributed by atoms with van der Waals surface area (Å²) in [6, 6.07) is 7.52. The van der Waals surface area contributed by atoms with E-state index in [0.717, 1.165) is 28.7 Å². The van der Waals surface area contributed by atoms with E-state index in [2.05, 4.69) is 9.98 Å². The van der Waals surface area contributed by atoms with Crippen LogP contribution in [0, 0.1) is 0 Å². The normalized spacial score (nSPS) is 20.3. The Kier molecular flexibility index (Phi) is 3.85. The summed E-state index contributed by atoms with van der Waals surface area (Å²) in [5, 5.41) is 10.5. The van der Waals surface area contributed by atoms with Crippen LogP contribution in [-0.4, -0.2) is 33.6 Å². The van der Waals surface area contributed by atoms with Crippen molar-refractivity contribution in [1.82, 2.24) is 9.55 Å². The van der Waals surface area contributed by atoms with Crippen LogP contribution in [0.5, 0.6) is 5.88 Å². The van der Waals surface area contributed by atoms with Crippen LogP contribution in [0.4, 0.5) is 5.69 Å². The Morgan fingerprint density at radius 3 is 3.00 bits per heavy atom. The molecular weight excluding hydrogens is 322 g/mol. The Bertz CT molecular complexity index is 994. The van der Waals surface area contributed by atoms with Gasteiger partial charge in [-0.3, -0.25) is 19.3 Å². The van der Waals surface area contributed by atoms with Crippen LogP contribution in [-0.2, 0) is 11.3 Å². The maximum absolute atomic E-state index is 12.2. The molecule has 128 valence electrons. The summed E-state index contributed by atoms with van der Waals surface area (Å²) in [4.78, 5) is 30.8. The summed E-state index contributed by atoms with van der Waals surface area (Å²) in [7, 11) is 0. The lowest BCUT2D eigenvalue weighted by Gasteiger charge is -2.14. The third-order valence-electron chi connectivity index (χ3n) is 4.47. The zero-order valence-corrected chi connectivity index (χ0v) is 13.4. The van der Waals surface area contributed by atoms with E-state index in [4.69, 9.17) is 4.74 Å². The second-order valence-corrected chi connectivity index (χ2v) is 6.12. The van der Waals surface area contributed by atoms with Gasteiger partial charge >= 0.3 is 5.69 Å². The van der Waals surface area contributed by atoms with Crippen LogP contribution >= 0.6 is 0 Å². The van der Waals surface area contributed by atoms with Crippen molar-refractivity contribution in [3.8, 4) is 5.88 Å². The van der Waals surface area contributed by atoms with Gasteiger partial charge in [-0.05, 0) is 25.0 Å². The van der Waals surface area contributed by atoms with E-state index in [1.54, 1.807) is 12.3 Å². The number of aromatic amines is 1. The maximum atomic E-state index is 12.2. The van der Waals surface area contributed by atoms with E-state index < -0.39 is 11.2 Å². The van der Waals surface area contributed by atoms with Gasteiger partial charge in [0.05, 0.1) is 18.3 Å². The first-order chi connectivity index (χ1) is 12.1. The summed E-state index contributed by atoms with van der Waals surface area (Å²) in [6.07, 6.45) is 4.80. The summed E-state index contributed by atoms with van der Waals surface area (Å²) >= 11 is 0. The molecule has 0 aliphatic carbocycles. The molecule has 0 amide bonds. The summed E-state index contributed by atoms with van der Waals surface area (Å²) in [5.74, 6) is -0.352. The Morgan fingerprint density at radius 1 is 1.36 bits per heavy atom. The molecule has 1 aromatic carbocycles. The number of para-hydroxylation sites is 1. The molecule has 1 fully saturated rings. The molecule has 2 N–H and O–H groups in total. The van der Waals surface area contributed by atoms with E-state index in [-0.39, 0.29) is 24.1 Å². The number of aliphatic imine (C=N–C) groups is 1. The Hall–Kier alpha value is -2.93. The zero-order valence-electron chi connectivity index (χ0n) is 13.4. The molecule has 2 aliphatic rings. The molecule has 1 saturated heterocycles. The molecule has 2 aromatic rings. The highest BCUT2D eigenvalue weighted by Crippen LogP contribution is 2.32. The third kappa shape index (κ3) is 2.83. The van der Waals surface area contributed by atoms with Crippen LogP contribution < -0.4 is 11.2 Å². The third-order valence-corrected chi connectivity index (χ3v) is 4.47. The van der Waals surface area contributed by atoms with Crippen LogP contribution in [0.25, 0.3) is 11.6 Å². The molecule has 0 spiro atoms. The number of rotatable bonds is 3. The molecular formula is C18H17N3O4. The van der Waals surface area contributed by atoms with Crippen molar-refractivity contribution in [3.05, 3.63) is 56.2 Å². The molecule has 7 nitrogen and oxygen atoms in total. The minimum absolute atomic E-state index is 0.0377. The van der Waals surface area contributed by atoms with E-state index >= 15 is 0 Å². The maximum Gasteiger partial charge on any atom is 0.331 e. The highest BCUT2D eigenvalue weighted by atomic mass is 16.5. The fraction of sp³-hybridized carbons (Fsp3) is 0.278. The lowest BCUT2D eigenvalue weighted by molar-refractivity contribution is 0.0934. The molecule has 0 saturated carbocycles. The predicted octanol–water partition coefficient (Wildman–Crippen LogP) is 1.68. The molecule has 1 unspecified atom stereocenters. The molecule has 0 radical (unpaired) electrons. The topological polar surface area (TPSA) is 96.7 Å². The number of H-pyrrole nitrogens is 1. The highest BCUT2D eigenvalue weighted by molar-refractivity contribution is 6.21. The molecule has 0 bridgehead atoms. The van der Waals surface area contributed by atoms with Crippen LogP contribution in [0.3, 0.4) is 0 Å². The van der Waals surface area contributed by atoms with E-state index in [9.17, 15) is 14.7 Å². The summed E-state index contributed by atoms with van der Waals surface area (Å²) in [5.41, 5.74) is 1.15. The zero-order chi connectivity index (χ0) is 17.4. The molecule has 4 rings (SSSR count). The van der Waals surface area contributed by atoms with Crippen molar-refractivity contribution in [2.75, 3.05) is 6.61 Å². The van der Waals surface area contributed by atoms with Gasteiger partial charge in [-0.2, -0.15) is 0 Å². The number of benzene rings is 1. The number of nitrogens with zero attached hydrogens (tertiary/aromatic N) is 2. The smallest absolute Gasteiger partial charge is 0.331 e. The average molecular weight is 339 g/mol. The number of hydrogen-bond acceptors (Lipinski definition) is 5. The standard InChI is InChI=1S/C18H17N3O4/c22-16-14(8-11-9-19-15-6-2-1-5-13(11)15)17(23)21(18(24)20-16)10-12-4-3-7-25-12/h1-2,5-6,8-9,12,23H,3-4,7,10H2,(H,20,22,24). The van der Waals surface area contributed by atoms with Gasteiger partial charge in [0.2, 0.25) is 5.88 Å². The number of hydrogen-bond donors (Lipinski definition) is 2. The lowest BCUT2D eigenvalue weighted by Crippen LogP contribution is -2.34. The van der Waals surface area contributed by atoms with Crippen molar-refractivity contribution < 1.29 is 9.84 Å². The van der Waals surface area contributed by atoms with Crippen LogP contribution in [0.2, 0.25) is 0 Å². The van der Waals surface area contributed by atoms with Crippen LogP contribution in [0.1, 0.15) is 24.0 Å². The van der Waals surface area contributed by atoms with Crippen molar-refractivity contribution in [2.24, 2.45) is 4.99 Å². The van der Waals surface area contributed by atoms with E-state index in [1.165, 1.54) is 0 Å². The quantitative estimate of drug-likeness (QED) is 0.889. The van der Waals surface area contributed by atoms with Crippen molar-refractivity contribution >= 4 is 23.6 Å². The van der Waals surface area contributed by atoms with Crippen LogP contribution in [0.15, 0.2) is 38.8 Å². The number of ether oxygens (including phenoxy) is 1. The van der Waals surface area contributed by atoms with Crippen molar-refractivity contribution in [1.29, 1.82) is 0 Å². The molecule has 25 heavy (non-hydrogen) atoms. The molecule has 2 aliphatic heterocycles. The van der Waals surface area contributed by atoms with E-state index in [1.807, 2.05) is 24.3 Å². The van der Waals surface area contributed by atoms with Gasteiger partial charge in [0, 0.05) is 24.0 Å². The minimum atomic E-state index is -0.638. The van der Waals surface area contributed by atoms with Gasteiger partial charge in [-0.25, -0.2) is 4.79 Å². The van der Waals surface area contributed by atoms with Gasteiger partial charge in [0.1, 0.15) is 5.56 Å². The number of aromatic hydroxyl groups is 1. The Morgan fingerprint density at radius 2 is 2.20 bits per heavy atom. The van der Waals surface area contributed by atoms with Gasteiger partial charge in [0.25, 0.3) is 5.56 Å². The Labute approximate surface area is 142 Å². The number of nitrogens with one attached hydrogen (secondary N) is 1. The average Bonchev–Trinajstić information content (AvgIpc) is 3.25. The SMILES string of the molecule is O=c1[nH]c(=O)n(CC2CCCO2)c(O)c1C=C1C=Nc2ccccc21. The van der Waals surface area contributed by atoms with E-state index in [0.29, 0.717) is 12.2 Å². The van der Waals surface area contributed by atoms with Gasteiger partial charge in [0.15, 0.2) is 0 Å². The first-order valence-corrected chi connectivity index (χ1v) is 8.16. The number of aromatic nitrogens is 2. The van der Waals surface area contributed by atoms with Gasteiger partial charge in [-0.15, -0.1) is 0 Å². The first-order valence-electron chi connectivity index (χ1n) is 8.16. The molecule has 1 atom stereocenters. The minimum Gasteiger partial charge on any atom is -0.494 e. The van der Waals surface area contributed by atoms with Crippen molar-refractivity contribution in [2.45, 2.75) is 25.5 Å². The fourth-order valence-electron chi connectivity index (χ4n) is 3.18. The highest BCUT2D eigenvalue weighted by Gasteiger charge is 2.21. The van der Waals surface area contributed by atoms with Crippen molar-refractivity contribution in [3.63, 3.8) is 0 Å². The largest absolute Gasteiger partial charge is 0.494 e. The predicted molar refractivity (Wildman–Crippen MR) is 94.4 cm³/mol. The first kappa shape index (κ1) is 15.6. The molecule has 7 heteroatoms. The van der Waals surface area contributed by atoms with Gasteiger partial charge < -0.3 is 9.84 Å². The lowest BCUT2D eigenvalue weighted by atomic mass is 10.1. The number of allylic oxidation sites excluding steroid dienone is 1. The number of fused-ring (bicyclic) bond motifs is 1. The molecule has 1 aromatic heterocycles. The second kappa shape index (κ2) is 6.18. The van der Waals surface area contributed by atoms with Gasteiger partial charge in [-0.1, -0.05) is 18.2 Å². The monoisotopic (exact) mass is 339 g/mol. The molecule has 3 heterocycles. The summed E-state index contributed by atoms with van der Waals surface area (Å²) in [6.45, 7) is 0.857. The Balaban J connectivity index is 1.78. The summed E-state index contributed by atoms with van der Waals surface area (Å²) < 4.78 is 6.67. The fourth-order valence-corrected chi connectivity index (χ4v) is 3.18. The second-order valence-electron chi connectivity index (χ2n) is 6.12.